The predicted molar refractivity (Wildman–Crippen MR) is 99.6 cm³/mol. The van der Waals surface area contributed by atoms with Crippen LogP contribution in [0.15, 0.2) is 35.2 Å². The highest BCUT2D eigenvalue weighted by Crippen LogP contribution is 2.55. The number of amides is 2. The Hall–Kier alpha value is -1.57. The van der Waals surface area contributed by atoms with Crippen molar-refractivity contribution < 1.29 is 14.3 Å². The molecule has 3 fully saturated rings. The summed E-state index contributed by atoms with van der Waals surface area (Å²) in [5, 5.41) is 3.02. The van der Waals surface area contributed by atoms with E-state index < -0.39 is 5.60 Å². The molecule has 3 saturated heterocycles. The highest BCUT2D eigenvalue weighted by Gasteiger charge is 2.68. The molecular weight excluding hydrogens is 350 g/mol. The van der Waals surface area contributed by atoms with Gasteiger partial charge in [-0.3, -0.25) is 9.59 Å². The molecule has 0 radical (unpaired) electrons. The molecule has 0 unspecified atom stereocenters. The minimum Gasteiger partial charge on any atom is -0.368 e. The number of nitrogens with zero attached hydrogens (tertiary/aromatic N) is 1. The van der Waals surface area contributed by atoms with Crippen LogP contribution >= 0.6 is 11.8 Å². The van der Waals surface area contributed by atoms with Crippen molar-refractivity contribution in [2.75, 3.05) is 31.9 Å². The number of fused-ring (bicyclic) bond motifs is 1. The van der Waals surface area contributed by atoms with Crippen LogP contribution in [0.1, 0.15) is 12.8 Å². The maximum Gasteiger partial charge on any atom is 0.229 e. The Morgan fingerprint density at radius 2 is 2.19 bits per heavy atom. The molecule has 1 aromatic rings. The molecule has 7 heteroatoms. The molecule has 2 bridgehead atoms. The van der Waals surface area contributed by atoms with Gasteiger partial charge in [0, 0.05) is 30.3 Å². The van der Waals surface area contributed by atoms with Gasteiger partial charge in [0.05, 0.1) is 30.1 Å². The number of thioether (sulfide) groups is 1. The minimum absolute atomic E-state index is 0.0384. The maximum absolute atomic E-state index is 12.8. The molecule has 140 valence electrons. The van der Waals surface area contributed by atoms with Crippen LogP contribution in [0.5, 0.6) is 0 Å². The zero-order valence-electron chi connectivity index (χ0n) is 14.7. The summed E-state index contributed by atoms with van der Waals surface area (Å²) in [6.07, 6.45) is 1.60. The summed E-state index contributed by atoms with van der Waals surface area (Å²) in [6, 6.07) is 10.1. The topological polar surface area (TPSA) is 84.7 Å². The van der Waals surface area contributed by atoms with E-state index in [-0.39, 0.29) is 29.8 Å². The molecule has 1 spiro atoms. The fraction of sp³-hybridized carbons (Fsp3) is 0.579. The van der Waals surface area contributed by atoms with Gasteiger partial charge in [-0.05, 0) is 25.0 Å². The predicted octanol–water partition coefficient (Wildman–Crippen LogP) is 0.860. The number of benzene rings is 1. The molecule has 3 heterocycles. The molecule has 3 aliphatic rings. The van der Waals surface area contributed by atoms with Crippen molar-refractivity contribution in [3.05, 3.63) is 30.3 Å². The standard InChI is InChI=1S/C19H25N3O3S/c20-8-10-22-12-19-7-6-14(25-19)15(16(19)18(22)24)17(23)21-9-11-26-13-4-2-1-3-5-13/h1-5,14-16H,6-12,20H2,(H,21,23)/t14-,15-,16+,19-/m0/s1. The van der Waals surface area contributed by atoms with Crippen molar-refractivity contribution >= 4 is 23.6 Å². The molecule has 0 aromatic heterocycles. The van der Waals surface area contributed by atoms with Gasteiger partial charge in [0.1, 0.15) is 0 Å². The Morgan fingerprint density at radius 1 is 1.38 bits per heavy atom. The molecule has 2 amide bonds. The Balaban J connectivity index is 1.35. The summed E-state index contributed by atoms with van der Waals surface area (Å²) in [5.74, 6) is 0.0989. The fourth-order valence-electron chi connectivity index (χ4n) is 4.66. The molecular formula is C19H25N3O3S. The Bertz CT molecular complexity index is 686. The van der Waals surface area contributed by atoms with E-state index in [1.165, 1.54) is 4.90 Å². The lowest BCUT2D eigenvalue weighted by Crippen LogP contribution is -2.46. The number of ether oxygens (including phenoxy) is 1. The third kappa shape index (κ3) is 3.02. The average molecular weight is 375 g/mol. The van der Waals surface area contributed by atoms with E-state index in [1.807, 2.05) is 18.2 Å². The zero-order valence-corrected chi connectivity index (χ0v) is 15.5. The van der Waals surface area contributed by atoms with E-state index in [9.17, 15) is 9.59 Å². The molecule has 0 saturated carbocycles. The van der Waals surface area contributed by atoms with Gasteiger partial charge in [-0.1, -0.05) is 18.2 Å². The second-order valence-electron chi connectivity index (χ2n) is 7.26. The van der Waals surface area contributed by atoms with Gasteiger partial charge in [-0.2, -0.15) is 0 Å². The number of hydrogen-bond donors (Lipinski definition) is 2. The van der Waals surface area contributed by atoms with Crippen LogP contribution in [-0.2, 0) is 14.3 Å². The van der Waals surface area contributed by atoms with Crippen LogP contribution in [0.2, 0.25) is 0 Å². The normalized spacial score (nSPS) is 32.1. The summed E-state index contributed by atoms with van der Waals surface area (Å²) in [7, 11) is 0. The van der Waals surface area contributed by atoms with Gasteiger partial charge in [-0.25, -0.2) is 0 Å². The lowest BCUT2D eigenvalue weighted by molar-refractivity contribution is -0.138. The molecule has 1 aromatic carbocycles. The minimum atomic E-state index is -0.461. The number of nitrogens with two attached hydrogens (primary N) is 1. The van der Waals surface area contributed by atoms with E-state index in [2.05, 4.69) is 17.4 Å². The summed E-state index contributed by atoms with van der Waals surface area (Å²) in [4.78, 5) is 28.6. The second-order valence-corrected chi connectivity index (χ2v) is 8.43. The Morgan fingerprint density at radius 3 is 2.96 bits per heavy atom. The summed E-state index contributed by atoms with van der Waals surface area (Å²) >= 11 is 1.71. The van der Waals surface area contributed by atoms with Crippen LogP contribution in [0.25, 0.3) is 0 Å². The molecule has 0 aliphatic carbocycles. The van der Waals surface area contributed by atoms with Gasteiger partial charge in [0.25, 0.3) is 0 Å². The van der Waals surface area contributed by atoms with Gasteiger partial charge in [0.15, 0.2) is 0 Å². The lowest BCUT2D eigenvalue weighted by Gasteiger charge is -2.26. The number of likely N-dealkylation sites (tertiary alicyclic amines) is 1. The van der Waals surface area contributed by atoms with Crippen LogP contribution in [0.3, 0.4) is 0 Å². The maximum atomic E-state index is 12.8. The van der Waals surface area contributed by atoms with E-state index in [1.54, 1.807) is 16.7 Å². The third-order valence-corrected chi connectivity index (χ3v) is 6.73. The Kier molecular flexibility index (Phi) is 4.94. The van der Waals surface area contributed by atoms with Crippen molar-refractivity contribution in [2.24, 2.45) is 17.6 Å². The number of carbonyl (C=O) groups excluding carboxylic acids is 2. The monoisotopic (exact) mass is 375 g/mol. The largest absolute Gasteiger partial charge is 0.368 e. The van der Waals surface area contributed by atoms with E-state index in [0.717, 1.165) is 18.6 Å². The first kappa shape index (κ1) is 17.8. The Labute approximate surface area is 157 Å². The van der Waals surface area contributed by atoms with Crippen molar-refractivity contribution in [3.8, 4) is 0 Å². The number of hydrogen-bond acceptors (Lipinski definition) is 5. The quantitative estimate of drug-likeness (QED) is 0.545. The average Bonchev–Trinajstić information content (AvgIpc) is 3.28. The van der Waals surface area contributed by atoms with Gasteiger partial charge in [0.2, 0.25) is 11.8 Å². The van der Waals surface area contributed by atoms with Gasteiger partial charge >= 0.3 is 0 Å². The zero-order chi connectivity index (χ0) is 18.1. The van der Waals surface area contributed by atoms with Crippen LogP contribution in [0, 0.1) is 11.8 Å². The molecule has 26 heavy (non-hydrogen) atoms. The van der Waals surface area contributed by atoms with Crippen molar-refractivity contribution in [1.82, 2.24) is 10.2 Å². The molecule has 3 aliphatic heterocycles. The second kappa shape index (κ2) is 7.21. The van der Waals surface area contributed by atoms with Crippen molar-refractivity contribution in [2.45, 2.75) is 29.4 Å². The first-order valence-corrected chi connectivity index (χ1v) is 10.3. The molecule has 3 N–H and O–H groups in total. The van der Waals surface area contributed by atoms with E-state index >= 15 is 0 Å². The molecule has 4 rings (SSSR count). The first-order chi connectivity index (χ1) is 12.6. The highest BCUT2D eigenvalue weighted by molar-refractivity contribution is 7.99. The first-order valence-electron chi connectivity index (χ1n) is 9.27. The number of nitrogens with one attached hydrogen (secondary N) is 1. The fourth-order valence-corrected chi connectivity index (χ4v) is 5.45. The van der Waals surface area contributed by atoms with E-state index in [0.29, 0.717) is 26.2 Å². The molecule has 6 nitrogen and oxygen atoms in total. The number of carbonyl (C=O) groups is 2. The SMILES string of the molecule is NCCN1C[C@]23CC[C@H](O2)[C@H](C(=O)NCCSc2ccccc2)[C@@H]3C1=O. The van der Waals surface area contributed by atoms with Crippen LogP contribution < -0.4 is 11.1 Å². The van der Waals surface area contributed by atoms with Gasteiger partial charge < -0.3 is 20.7 Å². The molecule has 4 atom stereocenters. The highest BCUT2D eigenvalue weighted by atomic mass is 32.2. The van der Waals surface area contributed by atoms with Crippen molar-refractivity contribution in [1.29, 1.82) is 0 Å². The summed E-state index contributed by atoms with van der Waals surface area (Å²) < 4.78 is 6.17. The van der Waals surface area contributed by atoms with Crippen LogP contribution in [0.4, 0.5) is 0 Å². The van der Waals surface area contributed by atoms with Gasteiger partial charge in [-0.15, -0.1) is 11.8 Å². The third-order valence-electron chi connectivity index (χ3n) is 5.72. The van der Waals surface area contributed by atoms with Crippen molar-refractivity contribution in [3.63, 3.8) is 0 Å². The summed E-state index contributed by atoms with van der Waals surface area (Å²) in [5.41, 5.74) is 5.16. The summed E-state index contributed by atoms with van der Waals surface area (Å²) in [6.45, 7) is 2.14. The smallest absolute Gasteiger partial charge is 0.229 e. The lowest BCUT2D eigenvalue weighted by atomic mass is 9.73. The van der Waals surface area contributed by atoms with Crippen LogP contribution in [-0.4, -0.2) is 60.4 Å². The number of rotatable bonds is 7. The van der Waals surface area contributed by atoms with E-state index in [4.69, 9.17) is 10.5 Å².